The molecule has 0 radical (unpaired) electrons. The van der Waals surface area contributed by atoms with Crippen molar-refractivity contribution in [2.24, 2.45) is 5.73 Å². The van der Waals surface area contributed by atoms with Gasteiger partial charge in [0.1, 0.15) is 12.1 Å². The lowest BCUT2D eigenvalue weighted by atomic mass is 9.76. The van der Waals surface area contributed by atoms with Crippen molar-refractivity contribution in [3.05, 3.63) is 35.9 Å². The van der Waals surface area contributed by atoms with Crippen LogP contribution in [0.25, 0.3) is 0 Å². The summed E-state index contributed by atoms with van der Waals surface area (Å²) >= 11 is 0. The van der Waals surface area contributed by atoms with E-state index in [1.54, 1.807) is 0 Å². The second-order valence-corrected chi connectivity index (χ2v) is 8.30. The molecule has 1 aliphatic heterocycles. The molecule has 1 fully saturated rings. The van der Waals surface area contributed by atoms with Gasteiger partial charge in [0.25, 0.3) is 0 Å². The summed E-state index contributed by atoms with van der Waals surface area (Å²) in [6, 6.07) is 7.89. The molecule has 0 spiro atoms. The largest absolute Gasteiger partial charge is 0.475 e. The first-order valence-electron chi connectivity index (χ1n) is 11.3. The number of nitrogens with one attached hydrogen (secondary N) is 2. The highest BCUT2D eigenvalue weighted by Gasteiger charge is 2.39. The number of carbonyl (C=O) groups is 3. The van der Waals surface area contributed by atoms with E-state index in [1.165, 1.54) is 11.8 Å². The molecule has 9 nitrogen and oxygen atoms in total. The van der Waals surface area contributed by atoms with E-state index >= 15 is 0 Å². The topological polar surface area (TPSA) is 145 Å². The fourth-order valence-corrected chi connectivity index (χ4v) is 4.06. The van der Waals surface area contributed by atoms with Gasteiger partial charge in [-0.3, -0.25) is 14.4 Å². The van der Waals surface area contributed by atoms with Crippen molar-refractivity contribution >= 4 is 24.8 Å². The normalized spacial score (nSPS) is 17.5. The fraction of sp³-hybridized carbons (Fsp3) is 0.591. The molecule has 0 saturated carbocycles. The second kappa shape index (κ2) is 13.2. The molecule has 0 aromatic heterocycles. The molecule has 1 heterocycles. The Morgan fingerprint density at radius 1 is 1.16 bits per heavy atom. The smallest absolute Gasteiger partial charge is 0.426 e. The van der Waals surface area contributed by atoms with Gasteiger partial charge in [0, 0.05) is 19.9 Å². The summed E-state index contributed by atoms with van der Waals surface area (Å²) in [4.78, 5) is 39.4. The number of carbonyl (C=O) groups excluding carboxylic acids is 3. The maximum Gasteiger partial charge on any atom is 0.475 e. The Bertz CT molecular complexity index is 749. The van der Waals surface area contributed by atoms with E-state index in [0.717, 1.165) is 18.4 Å². The van der Waals surface area contributed by atoms with Crippen molar-refractivity contribution < 1.29 is 24.4 Å². The minimum atomic E-state index is -1.69. The third-order valence-electron chi connectivity index (χ3n) is 5.70. The summed E-state index contributed by atoms with van der Waals surface area (Å²) in [5.74, 6) is -1.85. The molecule has 32 heavy (non-hydrogen) atoms. The highest BCUT2D eigenvalue weighted by molar-refractivity contribution is 6.43. The first-order chi connectivity index (χ1) is 15.3. The van der Waals surface area contributed by atoms with E-state index in [9.17, 15) is 24.4 Å². The molecule has 0 aliphatic carbocycles. The molecular weight excluding hydrogens is 411 g/mol. The minimum absolute atomic E-state index is 0.314. The third-order valence-corrected chi connectivity index (χ3v) is 5.70. The number of nitrogens with two attached hydrogens (primary N) is 1. The zero-order valence-corrected chi connectivity index (χ0v) is 18.7. The van der Waals surface area contributed by atoms with E-state index in [0.29, 0.717) is 45.2 Å². The van der Waals surface area contributed by atoms with Gasteiger partial charge in [0.05, 0.1) is 5.94 Å². The standard InChI is InChI=1S/C22H35BN4O5/c1-16(28)25-18(15-17-9-4-2-5-10-17)22(30)27-14-8-11-19(27)21(29)26-20(23(31)32)12-6-3-7-13-24/h2,4-5,9-10,18-20,31-32H,3,6-8,11-15,24H2,1H3,(H,25,28)(H,26,29)/t18-,19+,20+/m1/s1. The molecule has 0 bridgehead atoms. The van der Waals surface area contributed by atoms with Crippen LogP contribution in [0.2, 0.25) is 0 Å². The molecular formula is C22H35BN4O5. The lowest BCUT2D eigenvalue weighted by molar-refractivity contribution is -0.141. The molecule has 3 amide bonds. The predicted molar refractivity (Wildman–Crippen MR) is 122 cm³/mol. The van der Waals surface area contributed by atoms with Crippen LogP contribution in [0.3, 0.4) is 0 Å². The lowest BCUT2D eigenvalue weighted by Crippen LogP contribution is -2.56. The Labute approximate surface area is 189 Å². The lowest BCUT2D eigenvalue weighted by Gasteiger charge is -2.30. The van der Waals surface area contributed by atoms with Crippen molar-refractivity contribution in [2.45, 2.75) is 69.9 Å². The van der Waals surface area contributed by atoms with Crippen LogP contribution in [0.4, 0.5) is 0 Å². The van der Waals surface area contributed by atoms with Crippen LogP contribution in [-0.4, -0.2) is 70.9 Å². The average molecular weight is 446 g/mol. The van der Waals surface area contributed by atoms with Gasteiger partial charge >= 0.3 is 7.12 Å². The van der Waals surface area contributed by atoms with Crippen molar-refractivity contribution in [1.29, 1.82) is 0 Å². The first kappa shape index (κ1) is 25.8. The van der Waals surface area contributed by atoms with Crippen LogP contribution in [-0.2, 0) is 20.8 Å². The van der Waals surface area contributed by atoms with Crippen LogP contribution < -0.4 is 16.4 Å². The summed E-state index contributed by atoms with van der Waals surface area (Å²) in [5, 5.41) is 24.8. The average Bonchev–Trinajstić information content (AvgIpc) is 3.25. The molecule has 176 valence electrons. The van der Waals surface area contributed by atoms with E-state index in [1.807, 2.05) is 30.3 Å². The van der Waals surface area contributed by atoms with Gasteiger partial charge in [-0.2, -0.15) is 0 Å². The fourth-order valence-electron chi connectivity index (χ4n) is 4.06. The van der Waals surface area contributed by atoms with Gasteiger partial charge in [0.2, 0.25) is 17.7 Å². The summed E-state index contributed by atoms with van der Waals surface area (Å²) in [6.45, 7) is 2.33. The SMILES string of the molecule is CC(=O)N[C@H](Cc1ccccc1)C(=O)N1CCC[C@H]1C(=O)N[C@@H](CCCCCN)B(O)O. The van der Waals surface area contributed by atoms with Gasteiger partial charge < -0.3 is 31.3 Å². The van der Waals surface area contributed by atoms with Gasteiger partial charge in [0.15, 0.2) is 0 Å². The van der Waals surface area contributed by atoms with Crippen LogP contribution in [0.1, 0.15) is 51.0 Å². The maximum absolute atomic E-state index is 13.3. The summed E-state index contributed by atoms with van der Waals surface area (Å²) in [5.41, 5.74) is 6.39. The van der Waals surface area contributed by atoms with Gasteiger partial charge in [-0.05, 0) is 37.8 Å². The summed E-state index contributed by atoms with van der Waals surface area (Å²) in [7, 11) is -1.69. The number of likely N-dealkylation sites (tertiary alicyclic amines) is 1. The zero-order valence-electron chi connectivity index (χ0n) is 18.7. The van der Waals surface area contributed by atoms with Gasteiger partial charge in [-0.25, -0.2) is 0 Å². The van der Waals surface area contributed by atoms with Crippen molar-refractivity contribution in [3.8, 4) is 0 Å². The van der Waals surface area contributed by atoms with Crippen LogP contribution in [0.15, 0.2) is 30.3 Å². The maximum atomic E-state index is 13.3. The van der Waals surface area contributed by atoms with E-state index in [4.69, 9.17) is 5.73 Å². The number of hydrogen-bond acceptors (Lipinski definition) is 6. The number of benzene rings is 1. The minimum Gasteiger partial charge on any atom is -0.426 e. The van der Waals surface area contributed by atoms with Crippen LogP contribution in [0, 0.1) is 0 Å². The zero-order chi connectivity index (χ0) is 23.5. The van der Waals surface area contributed by atoms with Crippen LogP contribution >= 0.6 is 0 Å². The second-order valence-electron chi connectivity index (χ2n) is 8.30. The summed E-state index contributed by atoms with van der Waals surface area (Å²) in [6.07, 6.45) is 4.24. The van der Waals surface area contributed by atoms with E-state index in [2.05, 4.69) is 10.6 Å². The van der Waals surface area contributed by atoms with Gasteiger partial charge in [-0.15, -0.1) is 0 Å². The predicted octanol–water partition coefficient (Wildman–Crippen LogP) is -0.259. The van der Waals surface area contributed by atoms with Crippen molar-refractivity contribution in [1.82, 2.24) is 15.5 Å². The highest BCUT2D eigenvalue weighted by atomic mass is 16.4. The van der Waals surface area contributed by atoms with Gasteiger partial charge in [-0.1, -0.05) is 43.2 Å². The molecule has 10 heteroatoms. The number of rotatable bonds is 12. The number of amides is 3. The Morgan fingerprint density at radius 2 is 1.88 bits per heavy atom. The Balaban J connectivity index is 2.05. The van der Waals surface area contributed by atoms with Crippen molar-refractivity contribution in [2.75, 3.05) is 13.1 Å². The molecule has 6 N–H and O–H groups in total. The molecule has 0 unspecified atom stereocenters. The summed E-state index contributed by atoms with van der Waals surface area (Å²) < 4.78 is 0. The molecule has 1 aromatic carbocycles. The third kappa shape index (κ3) is 7.92. The Hall–Kier alpha value is -2.43. The molecule has 2 rings (SSSR count). The van der Waals surface area contributed by atoms with E-state index in [-0.39, 0.29) is 11.8 Å². The molecule has 1 aromatic rings. The van der Waals surface area contributed by atoms with Crippen LogP contribution in [0.5, 0.6) is 0 Å². The molecule has 1 aliphatic rings. The molecule has 3 atom stereocenters. The Morgan fingerprint density at radius 3 is 2.50 bits per heavy atom. The number of nitrogens with zero attached hydrogens (tertiary/aromatic N) is 1. The number of unbranched alkanes of at least 4 members (excludes halogenated alkanes) is 2. The monoisotopic (exact) mass is 446 g/mol. The molecule has 1 saturated heterocycles. The highest BCUT2D eigenvalue weighted by Crippen LogP contribution is 2.20. The first-order valence-corrected chi connectivity index (χ1v) is 11.3. The van der Waals surface area contributed by atoms with E-state index < -0.39 is 31.1 Å². The Kier molecular flexibility index (Phi) is 10.7. The van der Waals surface area contributed by atoms with Crippen molar-refractivity contribution in [3.63, 3.8) is 0 Å². The number of hydrogen-bond donors (Lipinski definition) is 5. The quantitative estimate of drug-likeness (QED) is 0.221.